The van der Waals surface area contributed by atoms with Crippen molar-refractivity contribution in [3.63, 3.8) is 0 Å². The van der Waals surface area contributed by atoms with Crippen molar-refractivity contribution in [3.8, 4) is 0 Å². The second-order valence-corrected chi connectivity index (χ2v) is 3.08. The van der Waals surface area contributed by atoms with Crippen molar-refractivity contribution < 1.29 is 0 Å². The summed E-state index contributed by atoms with van der Waals surface area (Å²) in [7, 11) is 0. The van der Waals surface area contributed by atoms with Crippen LogP contribution in [0.1, 0.15) is 0 Å². The fourth-order valence-electron chi connectivity index (χ4n) is 0.951. The second-order valence-electron chi connectivity index (χ2n) is 3.08. The van der Waals surface area contributed by atoms with E-state index in [1.165, 1.54) is 6.33 Å². The third-order valence-corrected chi connectivity index (χ3v) is 1.71. The Labute approximate surface area is 107 Å². The summed E-state index contributed by atoms with van der Waals surface area (Å²) in [6, 6.07) is 19.5. The average molecular weight is 237 g/mol. The summed E-state index contributed by atoms with van der Waals surface area (Å²) < 4.78 is 0. The highest BCUT2D eigenvalue weighted by Crippen LogP contribution is 1.79. The van der Waals surface area contributed by atoms with Gasteiger partial charge in [0.1, 0.15) is 6.33 Å². The zero-order valence-electron chi connectivity index (χ0n) is 10.0. The molecule has 0 spiro atoms. The Morgan fingerprint density at radius 3 is 0.889 bits per heavy atom. The monoisotopic (exact) mass is 237 g/mol. The molecule has 2 aromatic heterocycles. The number of aromatic nitrogens is 3. The van der Waals surface area contributed by atoms with Gasteiger partial charge in [0.15, 0.2) is 0 Å². The normalized spacial score (nSPS) is 8.00. The topological polar surface area (TPSA) is 38.7 Å². The molecule has 0 atom stereocenters. The smallest absolute Gasteiger partial charge is 0.115 e. The number of rotatable bonds is 0. The lowest BCUT2D eigenvalue weighted by Crippen LogP contribution is -1.66. The molecule has 1 aromatic carbocycles. The van der Waals surface area contributed by atoms with E-state index in [4.69, 9.17) is 0 Å². The molecule has 0 saturated heterocycles. The minimum absolute atomic E-state index is 1.50. The maximum absolute atomic E-state index is 3.78. The molecule has 0 N–H and O–H groups in total. The van der Waals surface area contributed by atoms with Crippen LogP contribution >= 0.6 is 0 Å². The molecule has 0 amide bonds. The summed E-state index contributed by atoms with van der Waals surface area (Å²) in [6.45, 7) is 0. The third kappa shape index (κ3) is 8.73. The van der Waals surface area contributed by atoms with E-state index in [1.54, 1.807) is 30.9 Å². The summed E-state index contributed by atoms with van der Waals surface area (Å²) in [6.07, 6.45) is 8.38. The lowest BCUT2D eigenvalue weighted by molar-refractivity contribution is 1.17. The Balaban J connectivity index is 0.000000135. The molecule has 3 aromatic rings. The number of nitrogens with zero attached hydrogens (tertiary/aromatic N) is 3. The predicted molar refractivity (Wildman–Crippen MR) is 72.7 cm³/mol. The van der Waals surface area contributed by atoms with Gasteiger partial charge in [-0.2, -0.15) is 0 Å². The lowest BCUT2D eigenvalue weighted by Gasteiger charge is -1.70. The van der Waals surface area contributed by atoms with Gasteiger partial charge in [-0.1, -0.05) is 42.5 Å². The molecule has 18 heavy (non-hydrogen) atoms. The molecular formula is C15H15N3. The molecule has 90 valence electrons. The van der Waals surface area contributed by atoms with Gasteiger partial charge >= 0.3 is 0 Å². The zero-order chi connectivity index (χ0) is 12.7. The van der Waals surface area contributed by atoms with E-state index in [9.17, 15) is 0 Å². The summed E-state index contributed by atoms with van der Waals surface area (Å²) >= 11 is 0. The van der Waals surface area contributed by atoms with E-state index in [0.717, 1.165) is 0 Å². The maximum atomic E-state index is 3.78. The SMILES string of the molecule is c1ccccc1.c1ccncc1.c1cncnc1. The van der Waals surface area contributed by atoms with Crippen LogP contribution in [0.15, 0.2) is 91.8 Å². The molecule has 0 fully saturated rings. The molecule has 0 aliphatic carbocycles. The van der Waals surface area contributed by atoms with E-state index in [-0.39, 0.29) is 0 Å². The van der Waals surface area contributed by atoms with Gasteiger partial charge in [-0.05, 0) is 18.2 Å². The molecule has 0 radical (unpaired) electrons. The van der Waals surface area contributed by atoms with Crippen LogP contribution in [-0.2, 0) is 0 Å². The Kier molecular flexibility index (Phi) is 8.22. The first kappa shape index (κ1) is 13.5. The third-order valence-electron chi connectivity index (χ3n) is 1.71. The number of hydrogen-bond donors (Lipinski definition) is 0. The van der Waals surface area contributed by atoms with Crippen LogP contribution < -0.4 is 0 Å². The van der Waals surface area contributed by atoms with Crippen LogP contribution in [0.4, 0.5) is 0 Å². The van der Waals surface area contributed by atoms with Gasteiger partial charge in [0, 0.05) is 24.8 Å². The van der Waals surface area contributed by atoms with Gasteiger partial charge in [0.25, 0.3) is 0 Å². The average Bonchev–Trinajstić information content (AvgIpc) is 2.54. The summed E-state index contributed by atoms with van der Waals surface area (Å²) in [5.41, 5.74) is 0. The van der Waals surface area contributed by atoms with E-state index >= 15 is 0 Å². The number of pyridine rings is 1. The van der Waals surface area contributed by atoms with Gasteiger partial charge in [-0.15, -0.1) is 0 Å². The van der Waals surface area contributed by atoms with E-state index < -0.39 is 0 Å². The Morgan fingerprint density at radius 1 is 0.333 bits per heavy atom. The standard InChI is InChI=1S/C6H6.C5H5N.C4H4N2/c2*1-2-4-6-5-3-1;1-2-5-4-6-3-1/h1-6H;1-5H;1-4H. The molecule has 0 saturated carbocycles. The van der Waals surface area contributed by atoms with E-state index in [0.29, 0.717) is 0 Å². The van der Waals surface area contributed by atoms with Crippen molar-refractivity contribution in [2.24, 2.45) is 0 Å². The van der Waals surface area contributed by atoms with Gasteiger partial charge in [-0.25, -0.2) is 9.97 Å². The molecule has 0 aliphatic heterocycles. The zero-order valence-corrected chi connectivity index (χ0v) is 10.0. The van der Waals surface area contributed by atoms with Crippen LogP contribution in [0.5, 0.6) is 0 Å². The Morgan fingerprint density at radius 2 is 0.722 bits per heavy atom. The quantitative estimate of drug-likeness (QED) is 0.602. The first-order valence-electron chi connectivity index (χ1n) is 5.55. The number of hydrogen-bond acceptors (Lipinski definition) is 3. The van der Waals surface area contributed by atoms with Crippen LogP contribution in [0.3, 0.4) is 0 Å². The van der Waals surface area contributed by atoms with Crippen molar-refractivity contribution in [1.82, 2.24) is 15.0 Å². The van der Waals surface area contributed by atoms with Crippen LogP contribution in [0.2, 0.25) is 0 Å². The Bertz CT molecular complexity index is 302. The highest BCUT2D eigenvalue weighted by Gasteiger charge is 1.59. The van der Waals surface area contributed by atoms with Crippen molar-refractivity contribution >= 4 is 0 Å². The lowest BCUT2D eigenvalue weighted by atomic mass is 10.4. The van der Waals surface area contributed by atoms with Crippen molar-refractivity contribution in [1.29, 1.82) is 0 Å². The molecule has 3 heteroatoms. The minimum atomic E-state index is 1.50. The Hall–Kier alpha value is -2.55. The van der Waals surface area contributed by atoms with Crippen LogP contribution in [0.25, 0.3) is 0 Å². The molecule has 3 nitrogen and oxygen atoms in total. The molecule has 2 heterocycles. The molecular weight excluding hydrogens is 222 g/mol. The van der Waals surface area contributed by atoms with Gasteiger partial charge in [0.05, 0.1) is 0 Å². The molecule has 0 unspecified atom stereocenters. The van der Waals surface area contributed by atoms with Crippen LogP contribution in [0, 0.1) is 0 Å². The summed E-state index contributed by atoms with van der Waals surface area (Å²) in [5, 5.41) is 0. The van der Waals surface area contributed by atoms with E-state index in [2.05, 4.69) is 15.0 Å². The molecule has 0 bridgehead atoms. The molecule has 3 rings (SSSR count). The fraction of sp³-hybridized carbons (Fsp3) is 0. The first-order valence-corrected chi connectivity index (χ1v) is 5.55. The summed E-state index contributed by atoms with van der Waals surface area (Å²) in [5.74, 6) is 0. The van der Waals surface area contributed by atoms with Gasteiger partial charge in [-0.3, -0.25) is 4.98 Å². The fourth-order valence-corrected chi connectivity index (χ4v) is 0.951. The maximum Gasteiger partial charge on any atom is 0.115 e. The highest BCUT2D eigenvalue weighted by atomic mass is 14.8. The number of benzene rings is 1. The van der Waals surface area contributed by atoms with E-state index in [1.807, 2.05) is 54.6 Å². The second kappa shape index (κ2) is 11.0. The van der Waals surface area contributed by atoms with Gasteiger partial charge in [0.2, 0.25) is 0 Å². The van der Waals surface area contributed by atoms with Crippen molar-refractivity contribution in [2.75, 3.05) is 0 Å². The predicted octanol–water partition coefficient (Wildman–Crippen LogP) is 3.24. The van der Waals surface area contributed by atoms with Gasteiger partial charge < -0.3 is 0 Å². The molecule has 0 aliphatic rings. The largest absolute Gasteiger partial charge is 0.265 e. The van der Waals surface area contributed by atoms with Crippen LogP contribution in [-0.4, -0.2) is 15.0 Å². The van der Waals surface area contributed by atoms with Crippen molar-refractivity contribution in [3.05, 3.63) is 91.8 Å². The summed E-state index contributed by atoms with van der Waals surface area (Å²) in [4.78, 5) is 11.1. The van der Waals surface area contributed by atoms with Crippen molar-refractivity contribution in [2.45, 2.75) is 0 Å². The highest BCUT2D eigenvalue weighted by molar-refractivity contribution is 4.99. The first-order chi connectivity index (χ1) is 9.00. The minimum Gasteiger partial charge on any atom is -0.265 e.